The molecule has 0 atom stereocenters. The molecule has 0 amide bonds. The van der Waals surface area contributed by atoms with Crippen LogP contribution in [0.15, 0.2) is 24.3 Å². The zero-order valence-electron chi connectivity index (χ0n) is 10.1. The summed E-state index contributed by atoms with van der Waals surface area (Å²) in [6.07, 6.45) is 2.36. The third-order valence-corrected chi connectivity index (χ3v) is 2.45. The van der Waals surface area contributed by atoms with E-state index in [4.69, 9.17) is 4.74 Å². The molecule has 1 N–H and O–H groups in total. The number of ether oxygens (including phenoxy) is 1. The first-order chi connectivity index (χ1) is 7.07. The zero-order valence-corrected chi connectivity index (χ0v) is 10.1. The van der Waals surface area contributed by atoms with Gasteiger partial charge in [0.2, 0.25) is 0 Å². The highest BCUT2D eigenvalue weighted by Gasteiger charge is 2.15. The normalized spacial score (nSPS) is 11.2. The molecule has 0 aromatic heterocycles. The van der Waals surface area contributed by atoms with E-state index in [9.17, 15) is 0 Å². The van der Waals surface area contributed by atoms with Crippen LogP contribution in [0.1, 0.15) is 33.6 Å². The van der Waals surface area contributed by atoms with Gasteiger partial charge in [0.25, 0.3) is 0 Å². The van der Waals surface area contributed by atoms with Gasteiger partial charge in [0.1, 0.15) is 5.75 Å². The van der Waals surface area contributed by atoms with Crippen LogP contribution < -0.4 is 10.1 Å². The van der Waals surface area contributed by atoms with Gasteiger partial charge in [0.05, 0.1) is 7.11 Å². The minimum Gasteiger partial charge on any atom is -0.497 e. The summed E-state index contributed by atoms with van der Waals surface area (Å²) in [4.78, 5) is 0. The van der Waals surface area contributed by atoms with Crippen molar-refractivity contribution in [2.45, 2.75) is 39.2 Å². The maximum Gasteiger partial charge on any atom is 0.119 e. The molecule has 0 unspecified atom stereocenters. The quantitative estimate of drug-likeness (QED) is 0.795. The van der Waals surface area contributed by atoms with Crippen LogP contribution in [0, 0.1) is 0 Å². The molecule has 0 aliphatic carbocycles. The molecular weight excluding hydrogens is 186 g/mol. The molecule has 1 aromatic carbocycles. The topological polar surface area (TPSA) is 21.3 Å². The van der Waals surface area contributed by atoms with Gasteiger partial charge in [-0.3, -0.25) is 0 Å². The smallest absolute Gasteiger partial charge is 0.119 e. The SMILES string of the molecule is CCCC(C)(C)Nc1ccc(OC)cc1. The van der Waals surface area contributed by atoms with Crippen molar-refractivity contribution in [1.29, 1.82) is 0 Å². The van der Waals surface area contributed by atoms with Crippen LogP contribution in [-0.4, -0.2) is 12.6 Å². The van der Waals surface area contributed by atoms with Gasteiger partial charge in [0.15, 0.2) is 0 Å². The molecule has 15 heavy (non-hydrogen) atoms. The minimum absolute atomic E-state index is 0.156. The van der Waals surface area contributed by atoms with Gasteiger partial charge in [0, 0.05) is 11.2 Å². The van der Waals surface area contributed by atoms with Crippen molar-refractivity contribution < 1.29 is 4.74 Å². The third kappa shape index (κ3) is 3.82. The van der Waals surface area contributed by atoms with E-state index >= 15 is 0 Å². The molecule has 0 fully saturated rings. The van der Waals surface area contributed by atoms with Crippen molar-refractivity contribution >= 4 is 5.69 Å². The molecule has 0 saturated carbocycles. The maximum absolute atomic E-state index is 5.12. The van der Waals surface area contributed by atoms with Gasteiger partial charge >= 0.3 is 0 Å². The predicted molar refractivity (Wildman–Crippen MR) is 65.6 cm³/mol. The standard InChI is InChI=1S/C13H21NO/c1-5-10-13(2,3)14-11-6-8-12(15-4)9-7-11/h6-9,14H,5,10H2,1-4H3. The van der Waals surface area contributed by atoms with Crippen LogP contribution in [0.25, 0.3) is 0 Å². The number of anilines is 1. The number of methoxy groups -OCH3 is 1. The van der Waals surface area contributed by atoms with Crippen molar-refractivity contribution in [2.75, 3.05) is 12.4 Å². The molecule has 2 heteroatoms. The minimum atomic E-state index is 0.156. The first-order valence-corrected chi connectivity index (χ1v) is 5.49. The highest BCUT2D eigenvalue weighted by Crippen LogP contribution is 2.21. The summed E-state index contributed by atoms with van der Waals surface area (Å²) in [6.45, 7) is 6.65. The average molecular weight is 207 g/mol. The van der Waals surface area contributed by atoms with E-state index in [2.05, 4.69) is 38.2 Å². The van der Waals surface area contributed by atoms with Crippen molar-refractivity contribution in [3.05, 3.63) is 24.3 Å². The lowest BCUT2D eigenvalue weighted by Crippen LogP contribution is -2.30. The van der Waals surface area contributed by atoms with Crippen molar-refractivity contribution in [2.24, 2.45) is 0 Å². The average Bonchev–Trinajstić information content (AvgIpc) is 2.18. The van der Waals surface area contributed by atoms with Crippen LogP contribution in [0.2, 0.25) is 0 Å². The number of rotatable bonds is 5. The van der Waals surface area contributed by atoms with Crippen molar-refractivity contribution in [3.63, 3.8) is 0 Å². The molecule has 0 aliphatic heterocycles. The van der Waals surface area contributed by atoms with E-state index in [1.54, 1.807) is 7.11 Å². The Kier molecular flexibility index (Phi) is 4.01. The molecular formula is C13H21NO. The van der Waals surface area contributed by atoms with E-state index < -0.39 is 0 Å². The Labute approximate surface area is 92.6 Å². The molecule has 2 nitrogen and oxygen atoms in total. The van der Waals surface area contributed by atoms with Gasteiger partial charge in [-0.15, -0.1) is 0 Å². The van der Waals surface area contributed by atoms with Crippen LogP contribution >= 0.6 is 0 Å². The lowest BCUT2D eigenvalue weighted by molar-refractivity contribution is 0.415. The highest BCUT2D eigenvalue weighted by atomic mass is 16.5. The van der Waals surface area contributed by atoms with Crippen LogP contribution in [0.4, 0.5) is 5.69 Å². The Bertz CT molecular complexity index is 290. The molecule has 0 radical (unpaired) electrons. The fourth-order valence-electron chi connectivity index (χ4n) is 1.75. The maximum atomic E-state index is 5.12. The van der Waals surface area contributed by atoms with Gasteiger partial charge < -0.3 is 10.1 Å². The van der Waals surface area contributed by atoms with Crippen molar-refractivity contribution in [3.8, 4) is 5.75 Å². The molecule has 0 aliphatic rings. The Balaban J connectivity index is 2.64. The van der Waals surface area contributed by atoms with Crippen molar-refractivity contribution in [1.82, 2.24) is 0 Å². The molecule has 0 saturated heterocycles. The Morgan fingerprint density at radius 1 is 1.20 bits per heavy atom. The predicted octanol–water partition coefficient (Wildman–Crippen LogP) is 3.69. The van der Waals surface area contributed by atoms with E-state index in [1.165, 1.54) is 12.8 Å². The monoisotopic (exact) mass is 207 g/mol. The molecule has 0 bridgehead atoms. The largest absolute Gasteiger partial charge is 0.497 e. The summed E-state index contributed by atoms with van der Waals surface area (Å²) in [5.74, 6) is 0.897. The van der Waals surface area contributed by atoms with E-state index in [1.807, 2.05) is 12.1 Å². The Morgan fingerprint density at radius 2 is 1.80 bits per heavy atom. The number of benzene rings is 1. The van der Waals surface area contributed by atoms with Crippen LogP contribution in [0.3, 0.4) is 0 Å². The van der Waals surface area contributed by atoms with Crippen LogP contribution in [-0.2, 0) is 0 Å². The fraction of sp³-hybridized carbons (Fsp3) is 0.538. The second-order valence-corrected chi connectivity index (χ2v) is 4.49. The first-order valence-electron chi connectivity index (χ1n) is 5.49. The molecule has 84 valence electrons. The molecule has 1 aromatic rings. The summed E-state index contributed by atoms with van der Waals surface area (Å²) in [7, 11) is 1.68. The van der Waals surface area contributed by atoms with Gasteiger partial charge in [-0.2, -0.15) is 0 Å². The van der Waals surface area contributed by atoms with Gasteiger partial charge in [-0.25, -0.2) is 0 Å². The zero-order chi connectivity index (χ0) is 11.3. The van der Waals surface area contributed by atoms with Gasteiger partial charge in [-0.05, 0) is 44.5 Å². The van der Waals surface area contributed by atoms with E-state index in [0.717, 1.165) is 11.4 Å². The third-order valence-electron chi connectivity index (χ3n) is 2.45. The molecule has 1 rings (SSSR count). The summed E-state index contributed by atoms with van der Waals surface area (Å²) < 4.78 is 5.12. The fourth-order valence-corrected chi connectivity index (χ4v) is 1.75. The molecule has 0 spiro atoms. The Hall–Kier alpha value is -1.18. The lowest BCUT2D eigenvalue weighted by atomic mass is 9.98. The van der Waals surface area contributed by atoms with E-state index in [-0.39, 0.29) is 5.54 Å². The summed E-state index contributed by atoms with van der Waals surface area (Å²) >= 11 is 0. The number of hydrogen-bond donors (Lipinski definition) is 1. The number of nitrogens with one attached hydrogen (secondary N) is 1. The Morgan fingerprint density at radius 3 is 2.27 bits per heavy atom. The highest BCUT2D eigenvalue weighted by molar-refractivity contribution is 5.48. The van der Waals surface area contributed by atoms with E-state index in [0.29, 0.717) is 0 Å². The summed E-state index contributed by atoms with van der Waals surface area (Å²) in [6, 6.07) is 8.06. The van der Waals surface area contributed by atoms with Crippen LogP contribution in [0.5, 0.6) is 5.75 Å². The number of hydrogen-bond acceptors (Lipinski definition) is 2. The lowest BCUT2D eigenvalue weighted by Gasteiger charge is -2.27. The second kappa shape index (κ2) is 5.06. The second-order valence-electron chi connectivity index (χ2n) is 4.49. The molecule has 0 heterocycles. The summed E-state index contributed by atoms with van der Waals surface area (Å²) in [5, 5.41) is 3.51. The van der Waals surface area contributed by atoms with Gasteiger partial charge in [-0.1, -0.05) is 13.3 Å². The summed E-state index contributed by atoms with van der Waals surface area (Å²) in [5.41, 5.74) is 1.30. The first kappa shape index (κ1) is 11.9.